The average molecular weight is 512 g/mol. The first kappa shape index (κ1) is 23.0. The lowest BCUT2D eigenvalue weighted by Gasteiger charge is -2.31. The van der Waals surface area contributed by atoms with Crippen LogP contribution in [0.2, 0.25) is 5.02 Å². The summed E-state index contributed by atoms with van der Waals surface area (Å²) in [5.41, 5.74) is 1.77. The standard InChI is InChI=1S/C25H22ClN3O3S2/c26-21-9-11-22(12-10-21)34(31,32)29-13-3-6-20(15-29)24(30)28-25-27-23(16-33-25)19-8-7-17-4-1-2-5-18(17)14-19/h1-2,4-5,7-12,14,16,20H,3,6,13,15H2,(H,27,28,30). The molecule has 34 heavy (non-hydrogen) atoms. The lowest BCUT2D eigenvalue weighted by atomic mass is 9.99. The second-order valence-corrected chi connectivity index (χ2v) is 11.5. The van der Waals surface area contributed by atoms with Crippen LogP contribution in [0.25, 0.3) is 22.0 Å². The summed E-state index contributed by atoms with van der Waals surface area (Å²) < 4.78 is 27.4. The molecular formula is C25H22ClN3O3S2. The Kier molecular flexibility index (Phi) is 6.40. The molecule has 174 valence electrons. The Morgan fingerprint density at radius 3 is 2.62 bits per heavy atom. The van der Waals surface area contributed by atoms with Crippen molar-refractivity contribution in [2.45, 2.75) is 17.7 Å². The van der Waals surface area contributed by atoms with Crippen molar-refractivity contribution in [1.82, 2.24) is 9.29 Å². The fourth-order valence-electron chi connectivity index (χ4n) is 4.15. The van der Waals surface area contributed by atoms with Crippen LogP contribution in [-0.4, -0.2) is 36.7 Å². The van der Waals surface area contributed by atoms with Gasteiger partial charge in [-0.2, -0.15) is 4.31 Å². The molecule has 6 nitrogen and oxygen atoms in total. The van der Waals surface area contributed by atoms with Gasteiger partial charge in [0.25, 0.3) is 0 Å². The third kappa shape index (κ3) is 4.72. The van der Waals surface area contributed by atoms with Crippen molar-refractivity contribution >= 4 is 54.8 Å². The number of fused-ring (bicyclic) bond motifs is 1. The summed E-state index contributed by atoms with van der Waals surface area (Å²) in [4.78, 5) is 17.7. The van der Waals surface area contributed by atoms with E-state index < -0.39 is 15.9 Å². The summed E-state index contributed by atoms with van der Waals surface area (Å²) in [5, 5.41) is 8.07. The SMILES string of the molecule is O=C(Nc1nc(-c2ccc3ccccc3c2)cs1)C1CCCN(S(=O)(=O)c2ccc(Cl)cc2)C1. The molecule has 4 aromatic rings. The minimum absolute atomic E-state index is 0.139. The fourth-order valence-corrected chi connectivity index (χ4v) is 6.52. The molecule has 5 rings (SSSR count). The van der Waals surface area contributed by atoms with Crippen LogP contribution in [0.4, 0.5) is 5.13 Å². The van der Waals surface area contributed by atoms with Crippen molar-refractivity contribution < 1.29 is 13.2 Å². The maximum Gasteiger partial charge on any atom is 0.243 e. The molecule has 1 amide bonds. The van der Waals surface area contributed by atoms with Crippen molar-refractivity contribution in [3.8, 4) is 11.3 Å². The number of halogens is 1. The molecule has 1 aliphatic heterocycles. The highest BCUT2D eigenvalue weighted by molar-refractivity contribution is 7.89. The molecule has 0 radical (unpaired) electrons. The summed E-state index contributed by atoms with van der Waals surface area (Å²) in [6, 6.07) is 20.4. The molecule has 1 saturated heterocycles. The molecule has 1 aromatic heterocycles. The first-order valence-electron chi connectivity index (χ1n) is 10.9. The van der Waals surface area contributed by atoms with Crippen LogP contribution in [0.1, 0.15) is 12.8 Å². The number of amides is 1. The van der Waals surface area contributed by atoms with Gasteiger partial charge in [0.2, 0.25) is 15.9 Å². The molecule has 9 heteroatoms. The number of aromatic nitrogens is 1. The Labute approximate surface area is 207 Å². The Morgan fingerprint density at radius 2 is 1.82 bits per heavy atom. The molecule has 3 aromatic carbocycles. The number of nitrogens with one attached hydrogen (secondary N) is 1. The zero-order valence-corrected chi connectivity index (χ0v) is 20.5. The number of carbonyl (C=O) groups is 1. The zero-order chi connectivity index (χ0) is 23.7. The van der Waals surface area contributed by atoms with Crippen molar-refractivity contribution in [1.29, 1.82) is 0 Å². The van der Waals surface area contributed by atoms with E-state index >= 15 is 0 Å². The van der Waals surface area contributed by atoms with Gasteiger partial charge in [0.1, 0.15) is 0 Å². The van der Waals surface area contributed by atoms with Crippen LogP contribution in [0.5, 0.6) is 0 Å². The topological polar surface area (TPSA) is 79.4 Å². The van der Waals surface area contributed by atoms with Gasteiger partial charge in [0.15, 0.2) is 5.13 Å². The summed E-state index contributed by atoms with van der Waals surface area (Å²) >= 11 is 7.25. The Morgan fingerprint density at radius 1 is 1.06 bits per heavy atom. The van der Waals surface area contributed by atoms with E-state index in [2.05, 4.69) is 34.6 Å². The van der Waals surface area contributed by atoms with Crippen LogP contribution in [-0.2, 0) is 14.8 Å². The molecule has 0 aliphatic carbocycles. The van der Waals surface area contributed by atoms with Crippen LogP contribution in [0.15, 0.2) is 77.0 Å². The Balaban J connectivity index is 1.28. The van der Waals surface area contributed by atoms with Gasteiger partial charge in [-0.05, 0) is 53.9 Å². The number of nitrogens with zero attached hydrogens (tertiary/aromatic N) is 2. The van der Waals surface area contributed by atoms with E-state index in [9.17, 15) is 13.2 Å². The second kappa shape index (κ2) is 9.46. The molecule has 0 spiro atoms. The van der Waals surface area contributed by atoms with Crippen molar-refractivity contribution in [3.05, 3.63) is 77.1 Å². The normalized spacial score (nSPS) is 17.0. The van der Waals surface area contributed by atoms with Crippen LogP contribution < -0.4 is 5.32 Å². The largest absolute Gasteiger partial charge is 0.302 e. The molecule has 2 heterocycles. The number of thiazole rings is 1. The summed E-state index contributed by atoms with van der Waals surface area (Å²) in [6.45, 7) is 0.526. The number of hydrogen-bond acceptors (Lipinski definition) is 5. The number of rotatable bonds is 5. The quantitative estimate of drug-likeness (QED) is 0.375. The van der Waals surface area contributed by atoms with Gasteiger partial charge >= 0.3 is 0 Å². The zero-order valence-electron chi connectivity index (χ0n) is 18.1. The van der Waals surface area contributed by atoms with E-state index in [4.69, 9.17) is 11.6 Å². The highest BCUT2D eigenvalue weighted by Gasteiger charge is 2.33. The van der Waals surface area contributed by atoms with E-state index in [1.54, 1.807) is 12.1 Å². The predicted octanol–water partition coefficient (Wildman–Crippen LogP) is 5.66. The third-order valence-electron chi connectivity index (χ3n) is 5.99. The molecule has 0 bridgehead atoms. The van der Waals surface area contributed by atoms with Gasteiger partial charge in [-0.1, -0.05) is 48.0 Å². The van der Waals surface area contributed by atoms with Gasteiger partial charge in [-0.15, -0.1) is 11.3 Å². The molecule has 1 N–H and O–H groups in total. The number of benzene rings is 3. The molecule has 1 unspecified atom stereocenters. The lowest BCUT2D eigenvalue weighted by molar-refractivity contribution is -0.120. The average Bonchev–Trinajstić information content (AvgIpc) is 3.32. The first-order valence-corrected chi connectivity index (χ1v) is 13.6. The minimum Gasteiger partial charge on any atom is -0.302 e. The minimum atomic E-state index is -3.69. The maximum atomic E-state index is 13.0. The second-order valence-electron chi connectivity index (χ2n) is 8.25. The van der Waals surface area contributed by atoms with Crippen LogP contribution in [0.3, 0.4) is 0 Å². The van der Waals surface area contributed by atoms with Gasteiger partial charge < -0.3 is 5.32 Å². The predicted molar refractivity (Wildman–Crippen MR) is 137 cm³/mol. The van der Waals surface area contributed by atoms with Crippen LogP contribution in [0, 0.1) is 5.92 Å². The monoisotopic (exact) mass is 511 g/mol. The van der Waals surface area contributed by atoms with Gasteiger partial charge in [-0.3, -0.25) is 4.79 Å². The van der Waals surface area contributed by atoms with Crippen LogP contribution >= 0.6 is 22.9 Å². The van der Waals surface area contributed by atoms with Crippen molar-refractivity contribution in [3.63, 3.8) is 0 Å². The van der Waals surface area contributed by atoms with E-state index in [1.165, 1.54) is 27.8 Å². The summed E-state index contributed by atoms with van der Waals surface area (Å²) in [5.74, 6) is -0.653. The van der Waals surface area contributed by atoms with Crippen molar-refractivity contribution in [2.24, 2.45) is 5.92 Å². The fraction of sp³-hybridized carbons (Fsp3) is 0.200. The number of carbonyl (C=O) groups excluding carboxylic acids is 1. The third-order valence-corrected chi connectivity index (χ3v) is 8.87. The van der Waals surface area contributed by atoms with E-state index in [-0.39, 0.29) is 17.3 Å². The summed E-state index contributed by atoms with van der Waals surface area (Å²) in [6.07, 6.45) is 1.24. The van der Waals surface area contributed by atoms with Crippen molar-refractivity contribution in [2.75, 3.05) is 18.4 Å². The maximum absolute atomic E-state index is 13.0. The summed E-state index contributed by atoms with van der Waals surface area (Å²) in [7, 11) is -3.69. The van der Waals surface area contributed by atoms with Gasteiger partial charge in [-0.25, -0.2) is 13.4 Å². The van der Waals surface area contributed by atoms with Gasteiger partial charge in [0.05, 0.1) is 16.5 Å². The molecule has 1 fully saturated rings. The Hall–Kier alpha value is -2.78. The number of sulfonamides is 1. The van der Waals surface area contributed by atoms with E-state index in [1.807, 2.05) is 23.6 Å². The highest BCUT2D eigenvalue weighted by atomic mass is 35.5. The molecule has 0 saturated carbocycles. The number of piperidine rings is 1. The number of hydrogen-bond donors (Lipinski definition) is 1. The lowest BCUT2D eigenvalue weighted by Crippen LogP contribution is -2.43. The molecule has 1 aliphatic rings. The number of anilines is 1. The van der Waals surface area contributed by atoms with Gasteiger partial charge in [0, 0.05) is 29.1 Å². The first-order chi connectivity index (χ1) is 16.4. The molecule has 1 atom stereocenters. The Bertz CT molecular complexity index is 1450. The van der Waals surface area contributed by atoms with E-state index in [0.29, 0.717) is 29.5 Å². The molecular weight excluding hydrogens is 490 g/mol. The van der Waals surface area contributed by atoms with E-state index in [0.717, 1.165) is 22.0 Å². The highest BCUT2D eigenvalue weighted by Crippen LogP contribution is 2.29. The smallest absolute Gasteiger partial charge is 0.243 e.